The average molecular weight is 540 g/mol. The van der Waals surface area contributed by atoms with E-state index in [1.807, 2.05) is 37.3 Å². The van der Waals surface area contributed by atoms with Crippen molar-refractivity contribution >= 4 is 32.7 Å². The van der Waals surface area contributed by atoms with Crippen LogP contribution in [0.25, 0.3) is 22.2 Å². The number of rotatable bonds is 4. The summed E-state index contributed by atoms with van der Waals surface area (Å²) in [5.41, 5.74) is 2.28. The van der Waals surface area contributed by atoms with Crippen LogP contribution in [0.3, 0.4) is 0 Å². The summed E-state index contributed by atoms with van der Waals surface area (Å²) in [4.78, 5) is 16.8. The lowest BCUT2D eigenvalue weighted by molar-refractivity contribution is -0.137. The molecule has 0 spiro atoms. The van der Waals surface area contributed by atoms with Crippen LogP contribution in [0.5, 0.6) is 0 Å². The summed E-state index contributed by atoms with van der Waals surface area (Å²) >= 11 is 0. The van der Waals surface area contributed by atoms with Crippen molar-refractivity contribution in [2.75, 3.05) is 5.32 Å². The molecule has 194 valence electrons. The van der Waals surface area contributed by atoms with Crippen molar-refractivity contribution < 1.29 is 26.1 Å². The molecule has 0 atom stereocenters. The molecular weight excluding hydrogens is 519 g/mol. The van der Waals surface area contributed by atoms with Crippen LogP contribution in [-0.2, 0) is 16.3 Å². The molecule has 2 N–H and O–H groups in total. The molecule has 0 unspecified atom stereocenters. The minimum atomic E-state index is -4.43. The highest BCUT2D eigenvalue weighted by molar-refractivity contribution is 7.85. The third kappa shape index (κ3) is 6.28. The van der Waals surface area contributed by atoms with Gasteiger partial charge in [0.15, 0.2) is 0 Å². The molecule has 0 aliphatic heterocycles. The zero-order valence-electron chi connectivity index (χ0n) is 19.8. The number of nitrogens with zero attached hydrogens (tertiary/aromatic N) is 4. The number of para-hydroxylation sites is 1. The van der Waals surface area contributed by atoms with E-state index in [0.717, 1.165) is 34.3 Å². The van der Waals surface area contributed by atoms with Gasteiger partial charge < -0.3 is 5.32 Å². The Balaban J connectivity index is 0.000000283. The van der Waals surface area contributed by atoms with Gasteiger partial charge in [0.05, 0.1) is 21.7 Å². The summed E-state index contributed by atoms with van der Waals surface area (Å²) < 4.78 is 67.3. The third-order valence-electron chi connectivity index (χ3n) is 5.35. The number of alkyl halides is 3. The van der Waals surface area contributed by atoms with Crippen LogP contribution < -0.4 is 5.32 Å². The van der Waals surface area contributed by atoms with Crippen molar-refractivity contribution in [2.45, 2.75) is 18.0 Å². The van der Waals surface area contributed by atoms with E-state index in [0.29, 0.717) is 11.5 Å². The molecule has 2 aromatic carbocycles. The van der Waals surface area contributed by atoms with Crippen LogP contribution in [0, 0.1) is 6.92 Å². The molecule has 3 heterocycles. The van der Waals surface area contributed by atoms with Gasteiger partial charge in [0.1, 0.15) is 18.0 Å². The van der Waals surface area contributed by atoms with Gasteiger partial charge in [0.25, 0.3) is 10.1 Å². The molecule has 8 nitrogen and oxygen atoms in total. The van der Waals surface area contributed by atoms with E-state index in [1.54, 1.807) is 24.4 Å². The van der Waals surface area contributed by atoms with E-state index in [2.05, 4.69) is 25.3 Å². The van der Waals surface area contributed by atoms with E-state index >= 15 is 0 Å². The highest BCUT2D eigenvalue weighted by Gasteiger charge is 2.30. The van der Waals surface area contributed by atoms with Crippen LogP contribution in [0.1, 0.15) is 11.1 Å². The quantitative estimate of drug-likeness (QED) is 0.264. The van der Waals surface area contributed by atoms with Gasteiger partial charge in [-0.05, 0) is 37.3 Å². The highest BCUT2D eigenvalue weighted by atomic mass is 32.2. The number of hydrogen-bond donors (Lipinski definition) is 2. The van der Waals surface area contributed by atoms with E-state index in [9.17, 15) is 21.6 Å². The van der Waals surface area contributed by atoms with E-state index in [1.165, 1.54) is 24.5 Å². The van der Waals surface area contributed by atoms with Crippen molar-refractivity contribution in [2.24, 2.45) is 0 Å². The molecular formula is C26H20F3N5O3S. The van der Waals surface area contributed by atoms with Crippen LogP contribution in [-0.4, -0.2) is 32.9 Å². The summed E-state index contributed by atoms with van der Waals surface area (Å²) in [7, 11) is -4.00. The summed E-state index contributed by atoms with van der Waals surface area (Å²) in [6.07, 6.45) is -0.524. The Morgan fingerprint density at radius 2 is 1.58 bits per heavy atom. The van der Waals surface area contributed by atoms with Crippen molar-refractivity contribution in [3.63, 3.8) is 0 Å². The zero-order valence-corrected chi connectivity index (χ0v) is 20.6. The second kappa shape index (κ2) is 10.9. The number of fused-ring (bicyclic) bond motifs is 1. The van der Waals surface area contributed by atoms with Gasteiger partial charge in [-0.1, -0.05) is 42.5 Å². The Bertz CT molecular complexity index is 1660. The highest BCUT2D eigenvalue weighted by Crippen LogP contribution is 2.32. The number of hydrogen-bond acceptors (Lipinski definition) is 7. The Kier molecular flexibility index (Phi) is 7.65. The molecule has 5 rings (SSSR count). The lowest BCUT2D eigenvalue weighted by Gasteiger charge is -2.13. The standard InChI is InChI=1S/C20H14F3N5.C6H6O3S/c1-12-17(15-6-2-4-13-5-3-9-24-18(13)15)26-11-27-19(12)28-16-8-7-14(10-25-16)20(21,22)23;7-10(8,9)6-4-2-1-3-5-6/h2-11H,1H3,(H,25,26,27,28);1-5H,(H,7,8,9). The molecule has 12 heteroatoms. The monoisotopic (exact) mass is 539 g/mol. The molecule has 0 radical (unpaired) electrons. The molecule has 0 aliphatic rings. The first-order chi connectivity index (χ1) is 18.0. The van der Waals surface area contributed by atoms with Crippen molar-refractivity contribution in [3.05, 3.63) is 103 Å². The second-order valence-corrected chi connectivity index (χ2v) is 9.34. The van der Waals surface area contributed by atoms with Crippen molar-refractivity contribution in [1.82, 2.24) is 19.9 Å². The minimum Gasteiger partial charge on any atom is -0.325 e. The SMILES string of the molecule is Cc1c(Nc2ccc(C(F)(F)F)cn2)ncnc1-c1cccc2cccnc12.O=S(=O)(O)c1ccccc1. The number of anilines is 2. The zero-order chi connectivity index (χ0) is 27.3. The summed E-state index contributed by atoms with van der Waals surface area (Å²) in [6.45, 7) is 1.84. The van der Waals surface area contributed by atoms with E-state index in [4.69, 9.17) is 4.55 Å². The molecule has 38 heavy (non-hydrogen) atoms. The number of halogens is 3. The molecule has 0 saturated carbocycles. The fourth-order valence-electron chi connectivity index (χ4n) is 3.49. The lowest BCUT2D eigenvalue weighted by Crippen LogP contribution is -2.06. The lowest BCUT2D eigenvalue weighted by atomic mass is 10.0. The molecule has 0 fully saturated rings. The van der Waals surface area contributed by atoms with Crippen LogP contribution >= 0.6 is 0 Å². The molecule has 0 aliphatic carbocycles. The fourth-order valence-corrected chi connectivity index (χ4v) is 3.99. The number of benzene rings is 2. The van der Waals surface area contributed by atoms with Gasteiger partial charge in [-0.3, -0.25) is 9.54 Å². The van der Waals surface area contributed by atoms with Crippen molar-refractivity contribution in [3.8, 4) is 11.3 Å². The first-order valence-corrected chi connectivity index (χ1v) is 12.5. The first-order valence-electron chi connectivity index (χ1n) is 11.0. The largest absolute Gasteiger partial charge is 0.417 e. The van der Waals surface area contributed by atoms with Gasteiger partial charge in [0, 0.05) is 28.9 Å². The Labute approximate surface area is 216 Å². The van der Waals surface area contributed by atoms with Crippen LogP contribution in [0.4, 0.5) is 24.8 Å². The predicted molar refractivity (Wildman–Crippen MR) is 136 cm³/mol. The fraction of sp³-hybridized carbons (Fsp3) is 0.0769. The Morgan fingerprint density at radius 3 is 2.21 bits per heavy atom. The molecule has 0 amide bonds. The number of aromatic nitrogens is 4. The third-order valence-corrected chi connectivity index (χ3v) is 6.22. The summed E-state index contributed by atoms with van der Waals surface area (Å²) in [6, 6.07) is 19.3. The smallest absolute Gasteiger partial charge is 0.325 e. The van der Waals surface area contributed by atoms with Crippen LogP contribution in [0.15, 0.2) is 96.4 Å². The summed E-state index contributed by atoms with van der Waals surface area (Å²) in [5.74, 6) is 0.724. The molecule has 3 aromatic heterocycles. The normalized spacial score (nSPS) is 11.5. The number of nitrogens with one attached hydrogen (secondary N) is 1. The van der Waals surface area contributed by atoms with Gasteiger partial charge in [-0.2, -0.15) is 21.6 Å². The summed E-state index contributed by atoms with van der Waals surface area (Å²) in [5, 5.41) is 3.94. The minimum absolute atomic E-state index is 0.0741. The number of pyridine rings is 2. The Hall–Kier alpha value is -4.42. The van der Waals surface area contributed by atoms with Crippen LogP contribution in [0.2, 0.25) is 0 Å². The topological polar surface area (TPSA) is 118 Å². The first kappa shape index (κ1) is 26.6. The van der Waals surface area contributed by atoms with Gasteiger partial charge in [-0.15, -0.1) is 0 Å². The van der Waals surface area contributed by atoms with Gasteiger partial charge in [0.2, 0.25) is 0 Å². The molecule has 5 aromatic rings. The van der Waals surface area contributed by atoms with Gasteiger partial charge in [-0.25, -0.2) is 15.0 Å². The predicted octanol–water partition coefficient (Wildman–Crippen LogP) is 6.09. The Morgan fingerprint density at radius 1 is 0.842 bits per heavy atom. The van der Waals surface area contributed by atoms with Crippen molar-refractivity contribution in [1.29, 1.82) is 0 Å². The molecule has 0 bridgehead atoms. The average Bonchev–Trinajstić information content (AvgIpc) is 2.90. The van der Waals surface area contributed by atoms with E-state index in [-0.39, 0.29) is 10.7 Å². The maximum atomic E-state index is 12.7. The van der Waals surface area contributed by atoms with Gasteiger partial charge >= 0.3 is 6.18 Å². The molecule has 0 saturated heterocycles. The maximum absolute atomic E-state index is 12.7. The van der Waals surface area contributed by atoms with E-state index < -0.39 is 21.9 Å². The second-order valence-electron chi connectivity index (χ2n) is 7.92. The maximum Gasteiger partial charge on any atom is 0.417 e.